The number of hydrogen-bond acceptors (Lipinski definition) is 6. The highest BCUT2D eigenvalue weighted by Crippen LogP contribution is 2.60. The number of alkyl halides is 2. The average Bonchev–Trinajstić information content (AvgIpc) is 3.62. The standard InChI is InChI=1S/C31H20Br2Cl4N2O6/c32-26-18-11-19(27(26)33)25-24(18)29(42)39(30(25)43)38(28(41)14-3-8-20(35)22(37)9-14)12-23(40)13-1-5-16(6-2-13)45-31(44)17-7-4-15(34)10-21(17)36/h1-10,18-19,24-27H,11-12H2/t18-,19-,24-,25+,26-,27+/m1/s1. The van der Waals surface area contributed by atoms with Crippen LogP contribution in [-0.2, 0) is 9.59 Å². The summed E-state index contributed by atoms with van der Waals surface area (Å²) in [6.07, 6.45) is 0.702. The number of imide groups is 1. The molecule has 8 nitrogen and oxygen atoms in total. The van der Waals surface area contributed by atoms with E-state index in [1.807, 2.05) is 0 Å². The molecule has 3 fully saturated rings. The Bertz CT molecular complexity index is 1740. The van der Waals surface area contributed by atoms with Crippen molar-refractivity contribution in [1.29, 1.82) is 0 Å². The molecule has 0 radical (unpaired) electrons. The molecule has 45 heavy (non-hydrogen) atoms. The third-order valence-corrected chi connectivity index (χ3v) is 12.9. The Morgan fingerprint density at radius 1 is 0.778 bits per heavy atom. The number of hydrogen-bond donors (Lipinski definition) is 0. The molecule has 1 aliphatic heterocycles. The largest absolute Gasteiger partial charge is 0.423 e. The van der Waals surface area contributed by atoms with Crippen molar-refractivity contribution in [1.82, 2.24) is 10.0 Å². The molecule has 3 aromatic carbocycles. The fourth-order valence-electron chi connectivity index (χ4n) is 6.34. The summed E-state index contributed by atoms with van der Waals surface area (Å²) >= 11 is 31.5. The van der Waals surface area contributed by atoms with E-state index in [0.29, 0.717) is 11.4 Å². The lowest BCUT2D eigenvalue weighted by Crippen LogP contribution is -2.52. The van der Waals surface area contributed by atoms with Crippen molar-refractivity contribution in [2.75, 3.05) is 6.54 Å². The first-order chi connectivity index (χ1) is 21.4. The van der Waals surface area contributed by atoms with Gasteiger partial charge < -0.3 is 4.74 Å². The molecule has 0 aromatic heterocycles. The van der Waals surface area contributed by atoms with Crippen molar-refractivity contribution in [2.45, 2.75) is 16.1 Å². The topological polar surface area (TPSA) is 101 Å². The van der Waals surface area contributed by atoms with Crippen molar-refractivity contribution in [3.63, 3.8) is 0 Å². The van der Waals surface area contributed by atoms with Gasteiger partial charge in [-0.1, -0.05) is 78.3 Å². The van der Waals surface area contributed by atoms with Gasteiger partial charge in [-0.15, -0.1) is 0 Å². The summed E-state index contributed by atoms with van der Waals surface area (Å²) < 4.78 is 5.38. The summed E-state index contributed by atoms with van der Waals surface area (Å²) in [4.78, 5) is 67.6. The maximum atomic E-state index is 13.9. The van der Waals surface area contributed by atoms with Crippen LogP contribution in [0.5, 0.6) is 5.75 Å². The van der Waals surface area contributed by atoms with Crippen LogP contribution in [0.2, 0.25) is 20.1 Å². The number of carbonyl (C=O) groups excluding carboxylic acids is 5. The van der Waals surface area contributed by atoms with Crippen molar-refractivity contribution in [3.8, 4) is 5.75 Å². The number of benzene rings is 3. The number of halogens is 6. The zero-order valence-electron chi connectivity index (χ0n) is 22.8. The van der Waals surface area contributed by atoms with E-state index in [1.165, 1.54) is 60.7 Å². The molecule has 14 heteroatoms. The van der Waals surface area contributed by atoms with Crippen LogP contribution in [-0.4, -0.2) is 55.7 Å². The first kappa shape index (κ1) is 32.5. The Morgan fingerprint density at radius 2 is 1.38 bits per heavy atom. The predicted octanol–water partition coefficient (Wildman–Crippen LogP) is 7.54. The van der Waals surface area contributed by atoms with Gasteiger partial charge in [0.25, 0.3) is 17.7 Å². The van der Waals surface area contributed by atoms with Crippen molar-refractivity contribution in [2.24, 2.45) is 23.7 Å². The van der Waals surface area contributed by atoms with Gasteiger partial charge in [-0.25, -0.2) is 9.80 Å². The second kappa shape index (κ2) is 12.6. The smallest absolute Gasteiger partial charge is 0.345 e. The number of carbonyl (C=O) groups is 5. The summed E-state index contributed by atoms with van der Waals surface area (Å²) in [5.41, 5.74) is 0.289. The fourth-order valence-corrected chi connectivity index (χ4v) is 8.99. The second-order valence-corrected chi connectivity index (χ2v) is 14.7. The summed E-state index contributed by atoms with van der Waals surface area (Å²) in [7, 11) is 0. The van der Waals surface area contributed by atoms with E-state index in [2.05, 4.69) is 31.9 Å². The van der Waals surface area contributed by atoms with Gasteiger partial charge in [-0.3, -0.25) is 19.2 Å². The highest BCUT2D eigenvalue weighted by Gasteiger charge is 2.67. The summed E-state index contributed by atoms with van der Waals surface area (Å²) in [6, 6.07) is 14.1. The molecule has 1 heterocycles. The van der Waals surface area contributed by atoms with E-state index in [0.717, 1.165) is 10.0 Å². The molecule has 0 unspecified atom stereocenters. The molecule has 3 amide bonds. The number of Topliss-reactive ketones (excluding diaryl/α,β-unsaturated/α-hetero) is 1. The minimum atomic E-state index is -0.771. The quantitative estimate of drug-likeness (QED) is 0.0804. The van der Waals surface area contributed by atoms with E-state index in [1.54, 1.807) is 0 Å². The molecule has 232 valence electrons. The number of ketones is 1. The average molecular weight is 818 g/mol. The fraction of sp³-hybridized carbons (Fsp3) is 0.258. The van der Waals surface area contributed by atoms with Gasteiger partial charge >= 0.3 is 5.97 Å². The normalized spacial score (nSPS) is 25.0. The van der Waals surface area contributed by atoms with Gasteiger partial charge in [0.15, 0.2) is 5.78 Å². The highest BCUT2D eigenvalue weighted by atomic mass is 79.9. The van der Waals surface area contributed by atoms with Crippen LogP contribution in [0.1, 0.15) is 37.5 Å². The van der Waals surface area contributed by atoms with Crippen LogP contribution < -0.4 is 4.74 Å². The van der Waals surface area contributed by atoms with Gasteiger partial charge in [-0.2, -0.15) is 5.01 Å². The first-order valence-electron chi connectivity index (χ1n) is 13.6. The second-order valence-electron chi connectivity index (χ2n) is 10.9. The van der Waals surface area contributed by atoms with Crippen LogP contribution in [0, 0.1) is 23.7 Å². The molecular formula is C31H20Br2Cl4N2O6. The summed E-state index contributed by atoms with van der Waals surface area (Å²) in [5, 5.41) is 2.49. The maximum Gasteiger partial charge on any atom is 0.345 e. The summed E-state index contributed by atoms with van der Waals surface area (Å²) in [6.45, 7) is -0.625. The third-order valence-electron chi connectivity index (χ3n) is 8.44. The molecule has 3 aliphatic rings. The number of rotatable bonds is 7. The van der Waals surface area contributed by atoms with Crippen LogP contribution in [0.4, 0.5) is 0 Å². The number of esters is 1. The molecule has 0 N–H and O–H groups in total. The van der Waals surface area contributed by atoms with Crippen LogP contribution in [0.25, 0.3) is 0 Å². The Kier molecular flexibility index (Phi) is 9.10. The Morgan fingerprint density at radius 3 is 1.96 bits per heavy atom. The SMILES string of the molecule is O=C(CN(C(=O)c1ccc(Cl)c(Cl)c1)N1C(=O)[C@@H]2[C@H]3C[C@@H]([C@H](Br)[C@@H]3Br)[C@@H]2C1=O)c1ccc(OC(=O)c2ccc(Cl)cc2Cl)cc1. The van der Waals surface area contributed by atoms with Gasteiger partial charge in [0.2, 0.25) is 0 Å². The lowest BCUT2D eigenvalue weighted by molar-refractivity contribution is -0.154. The van der Waals surface area contributed by atoms with E-state index in [-0.39, 0.29) is 59.0 Å². The number of amides is 3. The van der Waals surface area contributed by atoms with Gasteiger partial charge in [0.1, 0.15) is 12.3 Å². The van der Waals surface area contributed by atoms with Crippen molar-refractivity contribution < 1.29 is 28.7 Å². The molecule has 2 bridgehead atoms. The molecule has 2 saturated carbocycles. The third kappa shape index (κ3) is 5.83. The molecule has 1 saturated heterocycles. The molecule has 6 rings (SSSR count). The number of hydrazine groups is 1. The monoisotopic (exact) mass is 814 g/mol. The molecule has 2 aliphatic carbocycles. The predicted molar refractivity (Wildman–Crippen MR) is 176 cm³/mol. The van der Waals surface area contributed by atoms with Gasteiger partial charge in [0.05, 0.1) is 32.5 Å². The summed E-state index contributed by atoms with van der Waals surface area (Å²) in [5.74, 6) is -4.39. The lowest BCUT2D eigenvalue weighted by Gasteiger charge is -2.31. The van der Waals surface area contributed by atoms with E-state index in [4.69, 9.17) is 51.1 Å². The van der Waals surface area contributed by atoms with Gasteiger partial charge in [0, 0.05) is 25.8 Å². The van der Waals surface area contributed by atoms with E-state index in [9.17, 15) is 24.0 Å². The van der Waals surface area contributed by atoms with Gasteiger partial charge in [-0.05, 0) is 78.9 Å². The van der Waals surface area contributed by atoms with Crippen molar-refractivity contribution in [3.05, 3.63) is 97.4 Å². The Hall–Kier alpha value is -2.47. The Balaban J connectivity index is 1.26. The molecular weight excluding hydrogens is 798 g/mol. The number of fused-ring (bicyclic) bond motifs is 5. The van der Waals surface area contributed by atoms with Crippen LogP contribution in [0.15, 0.2) is 60.7 Å². The number of ether oxygens (including phenoxy) is 1. The Labute approximate surface area is 294 Å². The van der Waals surface area contributed by atoms with Crippen molar-refractivity contribution >= 4 is 108 Å². The maximum absolute atomic E-state index is 13.9. The van der Waals surface area contributed by atoms with Crippen LogP contribution >= 0.6 is 78.3 Å². The lowest BCUT2D eigenvalue weighted by atomic mass is 9.81. The zero-order valence-corrected chi connectivity index (χ0v) is 29.0. The molecule has 6 atom stereocenters. The highest BCUT2D eigenvalue weighted by molar-refractivity contribution is 9.12. The van der Waals surface area contributed by atoms with Crippen LogP contribution in [0.3, 0.4) is 0 Å². The minimum absolute atomic E-state index is 0.00959. The zero-order chi connectivity index (χ0) is 32.3. The first-order valence-corrected chi connectivity index (χ1v) is 16.9. The minimum Gasteiger partial charge on any atom is -0.423 e. The molecule has 3 aromatic rings. The number of nitrogens with zero attached hydrogens (tertiary/aromatic N) is 2. The van der Waals surface area contributed by atoms with E-state index < -0.39 is 47.9 Å². The molecule has 0 spiro atoms. The van der Waals surface area contributed by atoms with E-state index >= 15 is 0 Å².